The Morgan fingerprint density at radius 2 is 1.78 bits per heavy atom. The number of benzene rings is 3. The van der Waals surface area contributed by atoms with Gasteiger partial charge in [0.25, 0.3) is 5.91 Å². The smallest absolute Gasteiger partial charge is 0.255 e. The van der Waals surface area contributed by atoms with Gasteiger partial charge >= 0.3 is 0 Å². The van der Waals surface area contributed by atoms with E-state index in [0.29, 0.717) is 29.2 Å². The zero-order valence-corrected chi connectivity index (χ0v) is 22.1. The van der Waals surface area contributed by atoms with Crippen LogP contribution in [0.4, 0.5) is 4.39 Å². The molecule has 4 nitrogen and oxygen atoms in total. The maximum atomic E-state index is 14.8. The number of halogens is 1. The van der Waals surface area contributed by atoms with Crippen LogP contribution in [0, 0.1) is 32.5 Å². The molecule has 6 rings (SSSR count). The first-order valence-corrected chi connectivity index (χ1v) is 13.4. The molecule has 1 aliphatic heterocycles. The van der Waals surface area contributed by atoms with Crippen molar-refractivity contribution in [2.75, 3.05) is 6.54 Å². The monoisotopic (exact) mass is 495 g/mol. The van der Waals surface area contributed by atoms with Gasteiger partial charge in [-0.25, -0.2) is 9.37 Å². The Kier molecular flexibility index (Phi) is 5.70. The van der Waals surface area contributed by atoms with E-state index >= 15 is 0 Å². The topological polar surface area (TPSA) is 38.1 Å². The lowest BCUT2D eigenvalue weighted by Crippen LogP contribution is -2.45. The van der Waals surface area contributed by atoms with E-state index in [-0.39, 0.29) is 11.7 Å². The number of rotatable bonds is 5. The van der Waals surface area contributed by atoms with Gasteiger partial charge in [0.1, 0.15) is 11.6 Å². The third-order valence-corrected chi connectivity index (χ3v) is 8.44. The van der Waals surface area contributed by atoms with Gasteiger partial charge in [-0.15, -0.1) is 0 Å². The highest BCUT2D eigenvalue weighted by Crippen LogP contribution is 2.43. The predicted octanol–water partition coefficient (Wildman–Crippen LogP) is 7.33. The molecule has 1 aromatic heterocycles. The molecule has 0 N–H and O–H groups in total. The number of amides is 1. The third-order valence-electron chi connectivity index (χ3n) is 8.44. The number of fused-ring (bicyclic) bond motifs is 1. The molecular formula is C32H34FN3O. The van der Waals surface area contributed by atoms with E-state index in [9.17, 15) is 9.18 Å². The normalized spacial score (nSPS) is 19.6. The molecule has 1 saturated heterocycles. The van der Waals surface area contributed by atoms with Crippen LogP contribution in [0.5, 0.6) is 0 Å². The summed E-state index contributed by atoms with van der Waals surface area (Å²) >= 11 is 0. The van der Waals surface area contributed by atoms with Crippen molar-refractivity contribution in [1.82, 2.24) is 14.5 Å². The number of imidazole rings is 1. The van der Waals surface area contributed by atoms with Crippen LogP contribution in [0.3, 0.4) is 0 Å². The maximum absolute atomic E-state index is 14.8. The van der Waals surface area contributed by atoms with E-state index < -0.39 is 5.54 Å². The van der Waals surface area contributed by atoms with Crippen LogP contribution in [0.25, 0.3) is 22.2 Å². The minimum Gasteiger partial charge on any atom is -0.326 e. The van der Waals surface area contributed by atoms with E-state index in [4.69, 9.17) is 4.98 Å². The minimum atomic E-state index is -0.539. The fourth-order valence-corrected chi connectivity index (χ4v) is 5.95. The van der Waals surface area contributed by atoms with Crippen molar-refractivity contribution in [2.45, 2.75) is 65.5 Å². The maximum Gasteiger partial charge on any atom is 0.255 e. The van der Waals surface area contributed by atoms with Gasteiger partial charge in [-0.05, 0) is 100 Å². The van der Waals surface area contributed by atoms with Gasteiger partial charge < -0.3 is 9.47 Å². The Morgan fingerprint density at radius 3 is 2.54 bits per heavy atom. The molecule has 1 atom stereocenters. The van der Waals surface area contributed by atoms with Crippen LogP contribution in [0.15, 0.2) is 54.6 Å². The summed E-state index contributed by atoms with van der Waals surface area (Å²) < 4.78 is 17.2. The second-order valence-corrected chi connectivity index (χ2v) is 11.3. The number of nitrogens with zero attached hydrogens (tertiary/aromatic N) is 3. The molecule has 2 heterocycles. The van der Waals surface area contributed by atoms with Crippen molar-refractivity contribution in [3.63, 3.8) is 0 Å². The second-order valence-electron chi connectivity index (χ2n) is 11.3. The standard InChI is InChI=1S/C32H34FN3O/c1-20-10-13-24(25-8-5-6-9-27(25)33)26(16-20)30(37)36-15-7-14-32(36,4)31-34-28-17-21(2)22(3)18-29(28)35(31)19-23-11-12-23/h5-6,8-10,13,16-18,23H,7,11-12,14-15,19H2,1-4H3/t32-/m0/s1. The lowest BCUT2D eigenvalue weighted by atomic mass is 9.93. The summed E-state index contributed by atoms with van der Waals surface area (Å²) in [4.78, 5) is 21.5. The van der Waals surface area contributed by atoms with E-state index in [0.717, 1.165) is 41.8 Å². The first kappa shape index (κ1) is 23.9. The van der Waals surface area contributed by atoms with Crippen molar-refractivity contribution in [2.24, 2.45) is 5.92 Å². The Balaban J connectivity index is 1.48. The summed E-state index contributed by atoms with van der Waals surface area (Å²) in [5, 5.41) is 0. The first-order valence-electron chi connectivity index (χ1n) is 13.4. The van der Waals surface area contributed by atoms with Crippen LogP contribution in [0.2, 0.25) is 0 Å². The number of aromatic nitrogens is 2. The highest BCUT2D eigenvalue weighted by atomic mass is 19.1. The van der Waals surface area contributed by atoms with Crippen molar-refractivity contribution in [3.8, 4) is 11.1 Å². The summed E-state index contributed by atoms with van der Waals surface area (Å²) in [6.07, 6.45) is 4.26. The van der Waals surface area contributed by atoms with Gasteiger partial charge in [0.2, 0.25) is 0 Å². The molecule has 37 heavy (non-hydrogen) atoms. The summed E-state index contributed by atoms with van der Waals surface area (Å²) in [5.41, 5.74) is 6.74. The molecule has 0 bridgehead atoms. The number of aryl methyl sites for hydroxylation is 3. The summed E-state index contributed by atoms with van der Waals surface area (Å²) in [7, 11) is 0. The number of hydrogen-bond acceptors (Lipinski definition) is 2. The molecule has 190 valence electrons. The van der Waals surface area contributed by atoms with Gasteiger partial charge in [-0.3, -0.25) is 4.79 Å². The van der Waals surface area contributed by atoms with Crippen molar-refractivity contribution >= 4 is 16.9 Å². The van der Waals surface area contributed by atoms with Crippen molar-refractivity contribution in [1.29, 1.82) is 0 Å². The van der Waals surface area contributed by atoms with Crippen molar-refractivity contribution < 1.29 is 9.18 Å². The third kappa shape index (κ3) is 4.05. The number of carbonyl (C=O) groups is 1. The molecule has 0 unspecified atom stereocenters. The molecular weight excluding hydrogens is 461 g/mol. The van der Waals surface area contributed by atoms with Crippen molar-refractivity contribution in [3.05, 3.63) is 88.5 Å². The molecule has 0 radical (unpaired) electrons. The largest absolute Gasteiger partial charge is 0.326 e. The number of likely N-dealkylation sites (tertiary alicyclic amines) is 1. The van der Waals surface area contributed by atoms with Gasteiger partial charge in [0.05, 0.1) is 16.6 Å². The van der Waals surface area contributed by atoms with Crippen LogP contribution < -0.4 is 0 Å². The van der Waals surface area contributed by atoms with Gasteiger partial charge in [0, 0.05) is 24.2 Å². The highest BCUT2D eigenvalue weighted by molar-refractivity contribution is 6.01. The predicted molar refractivity (Wildman–Crippen MR) is 146 cm³/mol. The highest BCUT2D eigenvalue weighted by Gasteiger charge is 2.46. The van der Waals surface area contributed by atoms with Crippen LogP contribution in [-0.4, -0.2) is 26.9 Å². The van der Waals surface area contributed by atoms with Gasteiger partial charge in [0.15, 0.2) is 0 Å². The fourth-order valence-electron chi connectivity index (χ4n) is 5.95. The Labute approximate surface area is 218 Å². The Bertz CT molecular complexity index is 1530. The second kappa shape index (κ2) is 8.83. The fraction of sp³-hybridized carbons (Fsp3) is 0.375. The van der Waals surface area contributed by atoms with Gasteiger partial charge in [-0.1, -0.05) is 35.9 Å². The SMILES string of the molecule is Cc1ccc(-c2ccccc2F)c(C(=O)N2CCC[C@@]2(C)c2nc3cc(C)c(C)cc3n2CC2CC2)c1. The molecule has 2 fully saturated rings. The zero-order chi connectivity index (χ0) is 25.9. The van der Waals surface area contributed by atoms with E-state index in [1.807, 2.05) is 36.1 Å². The van der Waals surface area contributed by atoms with E-state index in [1.165, 1.54) is 30.0 Å². The van der Waals surface area contributed by atoms with E-state index in [2.05, 4.69) is 37.5 Å². The lowest BCUT2D eigenvalue weighted by Gasteiger charge is -2.36. The molecule has 5 heteroatoms. The first-order chi connectivity index (χ1) is 17.8. The van der Waals surface area contributed by atoms with Crippen LogP contribution in [0.1, 0.15) is 65.5 Å². The number of carbonyl (C=O) groups excluding carboxylic acids is 1. The minimum absolute atomic E-state index is 0.0562. The molecule has 0 spiro atoms. The average Bonchev–Trinajstić information content (AvgIpc) is 3.51. The molecule has 4 aromatic rings. The number of hydrogen-bond donors (Lipinski definition) is 0. The molecule has 1 aliphatic carbocycles. The molecule has 1 amide bonds. The summed E-state index contributed by atoms with van der Waals surface area (Å²) in [6.45, 7) is 10.0. The van der Waals surface area contributed by atoms with Crippen LogP contribution >= 0.6 is 0 Å². The van der Waals surface area contributed by atoms with E-state index in [1.54, 1.807) is 12.1 Å². The molecule has 1 saturated carbocycles. The molecule has 3 aromatic carbocycles. The van der Waals surface area contributed by atoms with Crippen LogP contribution in [-0.2, 0) is 12.1 Å². The average molecular weight is 496 g/mol. The zero-order valence-electron chi connectivity index (χ0n) is 22.1. The molecule has 2 aliphatic rings. The lowest BCUT2D eigenvalue weighted by molar-refractivity contribution is 0.0598. The summed E-state index contributed by atoms with van der Waals surface area (Å²) in [5.74, 6) is 1.28. The quantitative estimate of drug-likeness (QED) is 0.291. The van der Waals surface area contributed by atoms with Gasteiger partial charge in [-0.2, -0.15) is 0 Å². The summed E-state index contributed by atoms with van der Waals surface area (Å²) in [6, 6.07) is 16.9. The Morgan fingerprint density at radius 1 is 1.03 bits per heavy atom. The Hall–Kier alpha value is -3.47.